The van der Waals surface area contributed by atoms with E-state index < -0.39 is 0 Å². The summed E-state index contributed by atoms with van der Waals surface area (Å²) in [5, 5.41) is 13.0. The van der Waals surface area contributed by atoms with Crippen LogP contribution in [0.3, 0.4) is 0 Å². The van der Waals surface area contributed by atoms with Gasteiger partial charge in [-0.05, 0) is 110 Å². The number of allylic oxidation sites excluding steroid dienone is 1. The van der Waals surface area contributed by atoms with E-state index in [1.165, 1.54) is 69.5 Å². The highest BCUT2D eigenvalue weighted by atomic mass is 32.1. The van der Waals surface area contributed by atoms with E-state index in [2.05, 4.69) is 151 Å². The van der Waals surface area contributed by atoms with Gasteiger partial charge in [0.15, 0.2) is 6.17 Å². The number of hydrogen-bond donors (Lipinski definition) is 1. The summed E-state index contributed by atoms with van der Waals surface area (Å²) in [5.41, 5.74) is 7.70. The molecular weight excluding hydrogens is 703 g/mol. The van der Waals surface area contributed by atoms with Crippen LogP contribution in [-0.4, -0.2) is 17.8 Å². The van der Waals surface area contributed by atoms with E-state index in [0.29, 0.717) is 5.92 Å². The van der Waals surface area contributed by atoms with Crippen LogP contribution in [0.15, 0.2) is 156 Å². The van der Waals surface area contributed by atoms with Gasteiger partial charge in [-0.3, -0.25) is 0 Å². The maximum absolute atomic E-state index is 6.52. The molecule has 0 spiro atoms. The SMILES string of the molecule is C1=C(c2ccc3c4ccccc4c4ccccc4c3c2)c2sc3cc(C4N=C(c5ccccc5)NC(C5CC[C@H]6c7ccccc7OC6C5)=N4)ccc3c2CC1. The fraction of sp³-hybridized carbons (Fsp3) is 0.176. The Morgan fingerprint density at radius 1 is 0.625 bits per heavy atom. The molecule has 56 heavy (non-hydrogen) atoms. The number of hydrogen-bond acceptors (Lipinski definition) is 5. The molecule has 1 fully saturated rings. The predicted octanol–water partition coefficient (Wildman–Crippen LogP) is 12.5. The van der Waals surface area contributed by atoms with Crippen molar-refractivity contribution in [1.82, 2.24) is 5.32 Å². The molecule has 5 heteroatoms. The summed E-state index contributed by atoms with van der Waals surface area (Å²) in [7, 11) is 0. The Balaban J connectivity index is 0.915. The average molecular weight is 742 g/mol. The normalized spacial score (nSPS) is 21.5. The first kappa shape index (κ1) is 32.2. The third-order valence-corrected chi connectivity index (χ3v) is 14.0. The largest absolute Gasteiger partial charge is 0.489 e. The lowest BCUT2D eigenvalue weighted by Crippen LogP contribution is -2.43. The summed E-state index contributed by atoms with van der Waals surface area (Å²) in [4.78, 5) is 12.1. The smallest absolute Gasteiger partial charge is 0.169 e. The lowest BCUT2D eigenvalue weighted by molar-refractivity contribution is 0.148. The number of para-hydroxylation sites is 1. The molecule has 3 unspecified atom stereocenters. The Bertz CT molecular complexity index is 2960. The zero-order valence-electron chi connectivity index (χ0n) is 30.9. The number of thiophene rings is 1. The van der Waals surface area contributed by atoms with Gasteiger partial charge in [0.2, 0.25) is 0 Å². The third kappa shape index (κ3) is 5.10. The Hall–Kier alpha value is -6.04. The molecule has 4 atom stereocenters. The molecule has 1 N–H and O–H groups in total. The minimum atomic E-state index is -0.317. The molecule has 7 aromatic carbocycles. The van der Waals surface area contributed by atoms with Crippen LogP contribution in [-0.2, 0) is 6.42 Å². The maximum Gasteiger partial charge on any atom is 0.169 e. The first-order chi connectivity index (χ1) is 27.7. The predicted molar refractivity (Wildman–Crippen MR) is 233 cm³/mol. The van der Waals surface area contributed by atoms with Crippen LogP contribution in [0.1, 0.15) is 70.5 Å². The number of amidine groups is 2. The minimum absolute atomic E-state index is 0.185. The Labute approximate surface area is 329 Å². The molecule has 3 heterocycles. The van der Waals surface area contributed by atoms with Gasteiger partial charge < -0.3 is 10.1 Å². The number of ether oxygens (including phenoxy) is 1. The van der Waals surface area contributed by atoms with Gasteiger partial charge in [-0.15, -0.1) is 11.3 Å². The molecular formula is C51H39N3OS. The molecule has 0 radical (unpaired) electrons. The summed E-state index contributed by atoms with van der Waals surface area (Å²) < 4.78 is 7.83. The molecule has 2 aliphatic heterocycles. The number of nitrogens with zero attached hydrogens (tertiary/aromatic N) is 2. The van der Waals surface area contributed by atoms with E-state index in [1.54, 1.807) is 0 Å². The fourth-order valence-corrected chi connectivity index (χ4v) is 11.4. The monoisotopic (exact) mass is 741 g/mol. The van der Waals surface area contributed by atoms with Crippen molar-refractivity contribution in [2.45, 2.75) is 50.3 Å². The summed E-state index contributed by atoms with van der Waals surface area (Å²) in [6.45, 7) is 0. The van der Waals surface area contributed by atoms with Gasteiger partial charge in [0.1, 0.15) is 23.5 Å². The van der Waals surface area contributed by atoms with Gasteiger partial charge >= 0.3 is 0 Å². The van der Waals surface area contributed by atoms with Gasteiger partial charge in [0.25, 0.3) is 0 Å². The van der Waals surface area contributed by atoms with Crippen LogP contribution in [0.2, 0.25) is 0 Å². The van der Waals surface area contributed by atoms with Crippen LogP contribution in [0.5, 0.6) is 5.75 Å². The van der Waals surface area contributed by atoms with Crippen LogP contribution in [0, 0.1) is 5.92 Å². The molecule has 0 amide bonds. The van der Waals surface area contributed by atoms with E-state index in [9.17, 15) is 0 Å². The zero-order valence-corrected chi connectivity index (χ0v) is 31.7. The third-order valence-electron chi connectivity index (χ3n) is 12.7. The van der Waals surface area contributed by atoms with Gasteiger partial charge in [0.05, 0.1) is 0 Å². The number of aryl methyl sites for hydroxylation is 1. The quantitative estimate of drug-likeness (QED) is 0.183. The molecule has 0 saturated heterocycles. The maximum atomic E-state index is 6.52. The van der Waals surface area contributed by atoms with Crippen molar-refractivity contribution in [1.29, 1.82) is 0 Å². The molecule has 4 nitrogen and oxygen atoms in total. The van der Waals surface area contributed by atoms with Gasteiger partial charge in [-0.2, -0.15) is 0 Å². The molecule has 8 aromatic rings. The van der Waals surface area contributed by atoms with Crippen molar-refractivity contribution < 1.29 is 4.74 Å². The molecule has 1 aromatic heterocycles. The van der Waals surface area contributed by atoms with E-state index in [4.69, 9.17) is 14.7 Å². The Morgan fingerprint density at radius 3 is 2.16 bits per heavy atom. The van der Waals surface area contributed by atoms with Gasteiger partial charge in [-0.25, -0.2) is 9.98 Å². The standard InChI is InChI=1S/C51H39N3OS/c1-2-11-30(12-3-1)49-52-50(32-22-25-41-40-17-8-9-20-45(40)55-46(41)28-32)54-51(53-49)33-23-26-42-43-19-10-18-34(48(43)56-47(42)29-33)31-21-24-39-37-15-5-4-13-35(37)36-14-6-7-16-38(36)44(39)27-31/h1-9,11-18,20-21,23-24,26-27,29,32,41,46,51H,10,19,22,25,28H2,(H,52,53,54)/t32?,41-,46?,51?/m0/s1. The van der Waals surface area contributed by atoms with Crippen molar-refractivity contribution in [3.8, 4) is 5.75 Å². The molecule has 4 aliphatic rings. The van der Waals surface area contributed by atoms with E-state index in [-0.39, 0.29) is 18.2 Å². The summed E-state index contributed by atoms with van der Waals surface area (Å²) in [5.74, 6) is 3.73. The minimum Gasteiger partial charge on any atom is -0.489 e. The van der Waals surface area contributed by atoms with Crippen LogP contribution in [0.25, 0.3) is 48.0 Å². The van der Waals surface area contributed by atoms with Crippen LogP contribution >= 0.6 is 11.3 Å². The Kier molecular flexibility index (Phi) is 7.34. The van der Waals surface area contributed by atoms with Crippen molar-refractivity contribution >= 4 is 71.0 Å². The lowest BCUT2D eigenvalue weighted by Gasteiger charge is -2.34. The number of fused-ring (bicyclic) bond motifs is 12. The Morgan fingerprint density at radius 2 is 1.34 bits per heavy atom. The highest BCUT2D eigenvalue weighted by Gasteiger charge is 2.41. The van der Waals surface area contributed by atoms with Gasteiger partial charge in [-0.1, -0.05) is 127 Å². The van der Waals surface area contributed by atoms with Crippen molar-refractivity contribution in [2.24, 2.45) is 15.9 Å². The second-order valence-corrected chi connectivity index (χ2v) is 16.9. The molecule has 1 saturated carbocycles. The highest BCUT2D eigenvalue weighted by Crippen LogP contribution is 2.48. The van der Waals surface area contributed by atoms with Crippen LogP contribution < -0.4 is 10.1 Å². The summed E-state index contributed by atoms with van der Waals surface area (Å²) in [6, 6.07) is 50.9. The van der Waals surface area contributed by atoms with E-state index in [0.717, 1.165) is 60.7 Å². The lowest BCUT2D eigenvalue weighted by atomic mass is 9.77. The van der Waals surface area contributed by atoms with Crippen molar-refractivity contribution in [3.63, 3.8) is 0 Å². The number of benzene rings is 7. The first-order valence-corrected chi connectivity index (χ1v) is 20.9. The average Bonchev–Trinajstić information content (AvgIpc) is 3.84. The van der Waals surface area contributed by atoms with Gasteiger partial charge in [0, 0.05) is 32.5 Å². The number of rotatable bonds is 4. The topological polar surface area (TPSA) is 46.0 Å². The summed E-state index contributed by atoms with van der Waals surface area (Å²) in [6.07, 6.45) is 7.55. The zero-order chi connectivity index (χ0) is 36.7. The van der Waals surface area contributed by atoms with Crippen molar-refractivity contribution in [2.75, 3.05) is 0 Å². The molecule has 270 valence electrons. The number of aliphatic imine (C=N–C) groups is 2. The highest BCUT2D eigenvalue weighted by molar-refractivity contribution is 7.20. The van der Waals surface area contributed by atoms with Crippen LogP contribution in [0.4, 0.5) is 0 Å². The molecule has 2 aliphatic carbocycles. The molecule has 12 rings (SSSR count). The summed E-state index contributed by atoms with van der Waals surface area (Å²) >= 11 is 1.93. The second-order valence-electron chi connectivity index (χ2n) is 15.8. The number of nitrogens with one attached hydrogen (secondary N) is 1. The van der Waals surface area contributed by atoms with E-state index in [1.807, 2.05) is 11.3 Å². The fourth-order valence-electron chi connectivity index (χ4n) is 10.1. The van der Waals surface area contributed by atoms with E-state index >= 15 is 0 Å². The second kappa shape index (κ2) is 12.8. The van der Waals surface area contributed by atoms with Crippen molar-refractivity contribution in [3.05, 3.63) is 178 Å². The molecule has 0 bridgehead atoms. The first-order valence-electron chi connectivity index (χ1n) is 20.1.